The van der Waals surface area contributed by atoms with E-state index in [-0.39, 0.29) is 22.1 Å². The second-order valence-electron chi connectivity index (χ2n) is 0.101. The van der Waals surface area contributed by atoms with Gasteiger partial charge >= 0.3 is 51.2 Å². The van der Waals surface area contributed by atoms with Gasteiger partial charge in [0, 0.05) is 0 Å². The molecule has 0 amide bonds. The minimum Gasteiger partial charge on any atom is -0.369 e. The molecular weight excluding hydrogens is 468 g/mol. The summed E-state index contributed by atoms with van der Waals surface area (Å²) in [7, 11) is 0. The molecule has 0 spiro atoms. The zero-order valence-electron chi connectivity index (χ0n) is 2.46. The minimum atomic E-state index is -0.143. The van der Waals surface area contributed by atoms with Crippen LogP contribution in [0.5, 0.6) is 0 Å². The molecule has 0 saturated heterocycles. The van der Waals surface area contributed by atoms with Gasteiger partial charge in [0.15, 0.2) is 0 Å². The summed E-state index contributed by atoms with van der Waals surface area (Å²) >= 11 is 4.85. The molecule has 0 unspecified atom stereocenters. The van der Waals surface area contributed by atoms with Crippen molar-refractivity contribution in [3.63, 3.8) is 0 Å². The topological polar surface area (TPSA) is 36.5 Å². The molecule has 0 atom stereocenters. The monoisotopic (exact) mass is 474 g/mol. The zero-order chi connectivity index (χ0) is 2.71. The molecule has 0 aliphatic heterocycles. The number of halogens is 2. The molecule has 4 N–H and O–H groups in total. The van der Waals surface area contributed by atoms with Gasteiger partial charge in [-0.1, -0.05) is 0 Å². The van der Waals surface area contributed by atoms with Gasteiger partial charge in [0.1, 0.15) is 0 Å². The second kappa shape index (κ2) is 9.02. The van der Waals surface area contributed by atoms with Gasteiger partial charge < -0.3 is 6.15 Å². The molecule has 0 rings (SSSR count). The normalized spacial score (nSPS) is 2.50. The van der Waals surface area contributed by atoms with Gasteiger partial charge in [0.25, 0.3) is 0 Å². The first kappa shape index (κ1) is 9.61. The predicted molar refractivity (Wildman–Crippen MR) is 34.0 cm³/mol. The third-order valence-corrected chi connectivity index (χ3v) is 0. The molecular formula is H4HgI2N+. The molecule has 0 fully saturated rings. The maximum atomic E-state index is 2.50. The van der Waals surface area contributed by atoms with Crippen LogP contribution in [0.25, 0.3) is 0 Å². The van der Waals surface area contributed by atoms with E-state index >= 15 is 0 Å². The summed E-state index contributed by atoms with van der Waals surface area (Å²) in [4.78, 5) is 0. The second-order valence-corrected chi connectivity index (χ2v) is 39.9. The summed E-state index contributed by atoms with van der Waals surface area (Å²) in [5.74, 6) is 0. The predicted octanol–water partition coefficient (Wildman–Crippen LogP) is 2.15. The smallest absolute Gasteiger partial charge is 0.369 e. The molecule has 0 aliphatic rings. The van der Waals surface area contributed by atoms with Gasteiger partial charge in [0.2, 0.25) is 0 Å². The Morgan fingerprint density at radius 1 is 1.25 bits per heavy atom. The average molecular weight is 472 g/mol. The first-order valence-electron chi connectivity index (χ1n) is 0.535. The van der Waals surface area contributed by atoms with Gasteiger partial charge in [0.05, 0.1) is 0 Å². The fourth-order valence-electron chi connectivity index (χ4n) is 0. The molecule has 0 aliphatic carbocycles. The molecule has 0 aromatic rings. The van der Waals surface area contributed by atoms with E-state index in [4.69, 9.17) is 0 Å². The Morgan fingerprint density at radius 3 is 1.25 bits per heavy atom. The van der Waals surface area contributed by atoms with E-state index in [1.165, 1.54) is 0 Å². The maximum Gasteiger partial charge on any atom is -0.369 e. The first-order valence-corrected chi connectivity index (χ1v) is 31.5. The van der Waals surface area contributed by atoms with E-state index in [0.717, 1.165) is 0 Å². The molecule has 0 heterocycles. The Labute approximate surface area is 56.1 Å². The van der Waals surface area contributed by atoms with Crippen LogP contribution in [0.2, 0.25) is 0 Å². The number of quaternary nitrogens is 1. The Bertz CT molecular complexity index is 6.00. The Kier molecular flexibility index (Phi) is 21.7. The molecule has 0 radical (unpaired) electrons. The van der Waals surface area contributed by atoms with Crippen LogP contribution in [0.1, 0.15) is 0 Å². The van der Waals surface area contributed by atoms with Crippen molar-refractivity contribution in [3.05, 3.63) is 0 Å². The van der Waals surface area contributed by atoms with Gasteiger partial charge in [-0.05, 0) is 0 Å². The summed E-state index contributed by atoms with van der Waals surface area (Å²) in [5.41, 5.74) is 0. The number of rotatable bonds is 0. The van der Waals surface area contributed by atoms with E-state index in [9.17, 15) is 0 Å². The van der Waals surface area contributed by atoms with Crippen LogP contribution < -0.4 is 6.15 Å². The molecule has 4 heavy (non-hydrogen) atoms. The fourth-order valence-corrected chi connectivity index (χ4v) is 0. The van der Waals surface area contributed by atoms with Crippen LogP contribution in [-0.4, -0.2) is 0 Å². The van der Waals surface area contributed by atoms with Crippen molar-refractivity contribution in [1.29, 1.82) is 0 Å². The number of hydrogen-bond donors (Lipinski definition) is 1. The Morgan fingerprint density at radius 2 is 1.25 bits per heavy atom. The van der Waals surface area contributed by atoms with Gasteiger partial charge in [-0.25, -0.2) is 0 Å². The molecule has 0 bridgehead atoms. The molecule has 1 nitrogen and oxygen atoms in total. The van der Waals surface area contributed by atoms with Crippen LogP contribution in [-0.2, 0) is 15.9 Å². The van der Waals surface area contributed by atoms with E-state index in [1.54, 1.807) is 0 Å². The molecule has 4 heteroatoms. The third-order valence-electron chi connectivity index (χ3n) is 0. The zero-order valence-corrected chi connectivity index (χ0v) is 12.3. The van der Waals surface area contributed by atoms with E-state index in [1.807, 2.05) is 0 Å². The van der Waals surface area contributed by atoms with Crippen LogP contribution in [0.15, 0.2) is 0 Å². The first-order chi connectivity index (χ1) is 1.41. The van der Waals surface area contributed by atoms with Crippen LogP contribution in [0, 0.1) is 0 Å². The third kappa shape index (κ3) is 8.84. The summed E-state index contributed by atoms with van der Waals surface area (Å²) in [6.45, 7) is 0. The quantitative estimate of drug-likeness (QED) is 0.415. The van der Waals surface area contributed by atoms with Crippen molar-refractivity contribution >= 4 is 35.3 Å². The summed E-state index contributed by atoms with van der Waals surface area (Å²) in [5, 5.41) is 0. The molecule has 0 saturated carbocycles. The molecule has 24 valence electrons. The number of hydrogen-bond acceptors (Lipinski definition) is 0. The largest absolute Gasteiger partial charge is 0.369 e. The van der Waals surface area contributed by atoms with Crippen molar-refractivity contribution in [2.24, 2.45) is 0 Å². The van der Waals surface area contributed by atoms with Crippen molar-refractivity contribution in [1.82, 2.24) is 6.15 Å². The summed E-state index contributed by atoms with van der Waals surface area (Å²) in [6, 6.07) is 0. The van der Waals surface area contributed by atoms with E-state index < -0.39 is 0 Å². The summed E-state index contributed by atoms with van der Waals surface area (Å²) < 4.78 is 0. The van der Waals surface area contributed by atoms with Crippen LogP contribution >= 0.6 is 35.3 Å². The summed E-state index contributed by atoms with van der Waals surface area (Å²) in [6.07, 6.45) is 0. The Balaban J connectivity index is 0. The maximum absolute atomic E-state index is 2.50. The average Bonchev–Trinajstić information content (AvgIpc) is 0.918. The van der Waals surface area contributed by atoms with Gasteiger partial charge in [-0.3, -0.25) is 0 Å². The van der Waals surface area contributed by atoms with Crippen molar-refractivity contribution in [2.45, 2.75) is 0 Å². The van der Waals surface area contributed by atoms with Crippen LogP contribution in [0.4, 0.5) is 0 Å². The van der Waals surface area contributed by atoms with Crippen molar-refractivity contribution in [3.8, 4) is 0 Å². The van der Waals surface area contributed by atoms with Crippen LogP contribution in [0.3, 0.4) is 0 Å². The molecule has 0 aromatic carbocycles. The minimum absolute atomic E-state index is 0. The van der Waals surface area contributed by atoms with Crippen molar-refractivity contribution < 1.29 is 15.9 Å². The fraction of sp³-hybridized carbons (Fsp3) is 0. The van der Waals surface area contributed by atoms with Gasteiger partial charge in [-0.15, -0.1) is 0 Å². The van der Waals surface area contributed by atoms with Gasteiger partial charge in [-0.2, -0.15) is 0 Å². The molecule has 0 aromatic heterocycles. The SMILES string of the molecule is [I][Hg][I].[NH4+]. The van der Waals surface area contributed by atoms with E-state index in [2.05, 4.69) is 35.3 Å². The Hall–Kier alpha value is 2.36. The van der Waals surface area contributed by atoms with Crippen molar-refractivity contribution in [2.75, 3.05) is 0 Å². The standard InChI is InChI=1S/Hg.2HI.H3N/h;2*1H;1H3/q+2;;;/p-1. The van der Waals surface area contributed by atoms with E-state index in [0.29, 0.717) is 0 Å².